The van der Waals surface area contributed by atoms with Crippen molar-refractivity contribution in [2.24, 2.45) is 0 Å². The number of carbonyl (C=O) groups excluding carboxylic acids is 1. The molecule has 0 fully saturated rings. The van der Waals surface area contributed by atoms with Crippen LogP contribution in [-0.2, 0) is 15.7 Å². The van der Waals surface area contributed by atoms with Crippen LogP contribution in [0.15, 0.2) is 0 Å². The third kappa shape index (κ3) is 3.94. The van der Waals surface area contributed by atoms with Crippen LogP contribution in [0.2, 0.25) is 0 Å². The molecule has 0 aliphatic rings. The fourth-order valence-corrected chi connectivity index (χ4v) is 1.56. The Balaban J connectivity index is 3.85. The van der Waals surface area contributed by atoms with Crippen molar-refractivity contribution in [3.63, 3.8) is 0 Å². The highest BCUT2D eigenvalue weighted by molar-refractivity contribution is 7.98. The maximum absolute atomic E-state index is 10.7. The standard InChI is InChI=1S/C8H17OS/c1-7(9)6-10(5)8(2,3)4/h6H2,1-5H3/q+1. The molecule has 0 aromatic carbocycles. The third-order valence-corrected chi connectivity index (χ3v) is 4.40. The highest BCUT2D eigenvalue weighted by atomic mass is 32.2. The monoisotopic (exact) mass is 161 g/mol. The molecule has 0 spiro atoms. The van der Waals surface area contributed by atoms with Crippen molar-refractivity contribution >= 4 is 16.7 Å². The molecule has 10 heavy (non-hydrogen) atoms. The van der Waals surface area contributed by atoms with Gasteiger partial charge in [0, 0.05) is 0 Å². The number of hydrogen-bond donors (Lipinski definition) is 0. The third-order valence-electron chi connectivity index (χ3n) is 1.47. The van der Waals surface area contributed by atoms with E-state index in [-0.39, 0.29) is 10.9 Å². The van der Waals surface area contributed by atoms with Gasteiger partial charge in [0.2, 0.25) is 0 Å². The van der Waals surface area contributed by atoms with Gasteiger partial charge in [-0.2, -0.15) is 0 Å². The van der Waals surface area contributed by atoms with Crippen LogP contribution in [-0.4, -0.2) is 22.5 Å². The molecule has 0 aromatic heterocycles. The van der Waals surface area contributed by atoms with Crippen molar-refractivity contribution in [2.75, 3.05) is 12.0 Å². The molecule has 0 saturated carbocycles. The first kappa shape index (κ1) is 10.0. The lowest BCUT2D eigenvalue weighted by molar-refractivity contribution is -0.114. The fourth-order valence-electron chi connectivity index (χ4n) is 0.521. The Morgan fingerprint density at radius 1 is 1.40 bits per heavy atom. The fraction of sp³-hybridized carbons (Fsp3) is 0.875. The van der Waals surface area contributed by atoms with Gasteiger partial charge in [-0.05, 0) is 38.6 Å². The van der Waals surface area contributed by atoms with E-state index in [1.54, 1.807) is 6.92 Å². The summed E-state index contributed by atoms with van der Waals surface area (Å²) in [5.74, 6) is 1.05. The van der Waals surface area contributed by atoms with E-state index >= 15 is 0 Å². The summed E-state index contributed by atoms with van der Waals surface area (Å²) in [6.07, 6.45) is 2.15. The first-order chi connectivity index (χ1) is 4.34. The van der Waals surface area contributed by atoms with Gasteiger partial charge in [0.25, 0.3) is 0 Å². The van der Waals surface area contributed by atoms with Crippen LogP contribution in [0.1, 0.15) is 27.7 Å². The lowest BCUT2D eigenvalue weighted by Crippen LogP contribution is -2.31. The molecule has 0 radical (unpaired) electrons. The van der Waals surface area contributed by atoms with Crippen molar-refractivity contribution in [2.45, 2.75) is 32.4 Å². The normalized spacial score (nSPS) is 14.9. The molecule has 0 amide bonds. The molecular formula is C8H17OS+. The van der Waals surface area contributed by atoms with Crippen LogP contribution >= 0.6 is 0 Å². The minimum absolute atomic E-state index is 0.233. The topological polar surface area (TPSA) is 17.1 Å². The smallest absolute Gasteiger partial charge is 0.178 e. The zero-order valence-corrected chi connectivity index (χ0v) is 8.34. The number of hydrogen-bond acceptors (Lipinski definition) is 1. The molecule has 0 heterocycles. The van der Waals surface area contributed by atoms with Gasteiger partial charge in [-0.3, -0.25) is 4.79 Å². The van der Waals surface area contributed by atoms with E-state index in [1.165, 1.54) is 0 Å². The van der Waals surface area contributed by atoms with E-state index in [0.717, 1.165) is 5.75 Å². The molecule has 60 valence electrons. The van der Waals surface area contributed by atoms with Crippen LogP contribution in [0, 0.1) is 0 Å². The molecule has 1 nitrogen and oxygen atoms in total. The van der Waals surface area contributed by atoms with Crippen LogP contribution < -0.4 is 0 Å². The number of ketones is 1. The van der Waals surface area contributed by atoms with Gasteiger partial charge in [0.05, 0.1) is 6.26 Å². The summed E-state index contributed by atoms with van der Waals surface area (Å²) < 4.78 is 0.297. The van der Waals surface area contributed by atoms with Gasteiger partial charge in [-0.1, -0.05) is 0 Å². The second-order valence-corrected chi connectivity index (χ2v) is 6.38. The largest absolute Gasteiger partial charge is 0.295 e. The second kappa shape index (κ2) is 3.42. The van der Waals surface area contributed by atoms with Crippen molar-refractivity contribution < 1.29 is 4.79 Å². The Labute approximate surface area is 66.5 Å². The van der Waals surface area contributed by atoms with Crippen molar-refractivity contribution in [1.82, 2.24) is 0 Å². The predicted octanol–water partition coefficient (Wildman–Crippen LogP) is 1.62. The summed E-state index contributed by atoms with van der Waals surface area (Å²) in [7, 11) is 0.233. The van der Waals surface area contributed by atoms with E-state index < -0.39 is 0 Å². The molecule has 0 aliphatic heterocycles. The predicted molar refractivity (Wildman–Crippen MR) is 48.6 cm³/mol. The van der Waals surface area contributed by atoms with Crippen LogP contribution in [0.5, 0.6) is 0 Å². The summed E-state index contributed by atoms with van der Waals surface area (Å²) in [6.45, 7) is 8.20. The Morgan fingerprint density at radius 2 is 1.80 bits per heavy atom. The Bertz CT molecular complexity index is 124. The van der Waals surface area contributed by atoms with Crippen molar-refractivity contribution in [3.05, 3.63) is 0 Å². The van der Waals surface area contributed by atoms with E-state index in [2.05, 4.69) is 27.0 Å². The van der Waals surface area contributed by atoms with E-state index in [4.69, 9.17) is 0 Å². The zero-order chi connectivity index (χ0) is 8.36. The molecular weight excluding hydrogens is 144 g/mol. The maximum Gasteiger partial charge on any atom is 0.178 e. The van der Waals surface area contributed by atoms with E-state index in [0.29, 0.717) is 10.5 Å². The van der Waals surface area contributed by atoms with Gasteiger partial charge in [-0.15, -0.1) is 0 Å². The van der Waals surface area contributed by atoms with E-state index in [9.17, 15) is 4.79 Å². The highest BCUT2D eigenvalue weighted by Gasteiger charge is 2.30. The molecule has 1 unspecified atom stereocenters. The minimum atomic E-state index is 0.233. The molecule has 1 atom stereocenters. The molecule has 0 bridgehead atoms. The minimum Gasteiger partial charge on any atom is -0.295 e. The maximum atomic E-state index is 10.7. The van der Waals surface area contributed by atoms with Gasteiger partial charge >= 0.3 is 0 Å². The van der Waals surface area contributed by atoms with Gasteiger partial charge in [0.15, 0.2) is 11.5 Å². The first-order valence-corrected chi connectivity index (χ1v) is 5.26. The number of Topliss-reactive ketones (excluding diaryl/α,β-unsaturated/α-hetero) is 1. The summed E-state index contributed by atoms with van der Waals surface area (Å²) in [5.41, 5.74) is 0. The summed E-state index contributed by atoms with van der Waals surface area (Å²) in [5, 5.41) is 0. The zero-order valence-electron chi connectivity index (χ0n) is 7.52. The van der Waals surface area contributed by atoms with Crippen LogP contribution in [0.4, 0.5) is 0 Å². The quantitative estimate of drug-likeness (QED) is 0.562. The lowest BCUT2D eigenvalue weighted by atomic mass is 10.3. The Morgan fingerprint density at radius 3 is 1.90 bits per heavy atom. The van der Waals surface area contributed by atoms with Crippen molar-refractivity contribution in [1.29, 1.82) is 0 Å². The van der Waals surface area contributed by atoms with E-state index in [1.807, 2.05) is 0 Å². The molecule has 0 saturated heterocycles. The molecule has 0 N–H and O–H groups in total. The van der Waals surface area contributed by atoms with Gasteiger partial charge in [-0.25, -0.2) is 0 Å². The average molecular weight is 161 g/mol. The second-order valence-electron chi connectivity index (χ2n) is 3.60. The Hall–Kier alpha value is 0.0200. The van der Waals surface area contributed by atoms with Gasteiger partial charge in [0.1, 0.15) is 4.75 Å². The van der Waals surface area contributed by atoms with Crippen LogP contribution in [0.3, 0.4) is 0 Å². The van der Waals surface area contributed by atoms with Crippen LogP contribution in [0.25, 0.3) is 0 Å². The number of carbonyl (C=O) groups is 1. The first-order valence-electron chi connectivity index (χ1n) is 3.46. The summed E-state index contributed by atoms with van der Waals surface area (Å²) in [4.78, 5) is 10.7. The molecule has 0 aliphatic carbocycles. The van der Waals surface area contributed by atoms with Crippen molar-refractivity contribution in [3.8, 4) is 0 Å². The molecule has 2 heteroatoms. The summed E-state index contributed by atoms with van der Waals surface area (Å²) in [6, 6.07) is 0. The highest BCUT2D eigenvalue weighted by Crippen LogP contribution is 2.15. The van der Waals surface area contributed by atoms with Gasteiger partial charge < -0.3 is 0 Å². The molecule has 0 rings (SSSR count). The SMILES string of the molecule is CC(=O)C[S+](C)C(C)(C)C. The average Bonchev–Trinajstić information content (AvgIpc) is 1.60. The Kier molecular flexibility index (Phi) is 3.43. The molecule has 0 aromatic rings. The summed E-state index contributed by atoms with van der Waals surface area (Å²) >= 11 is 0. The lowest BCUT2D eigenvalue weighted by Gasteiger charge is -2.16. The number of rotatable bonds is 2.